The van der Waals surface area contributed by atoms with Crippen LogP contribution in [0.15, 0.2) is 22.2 Å². The Hall–Kier alpha value is -3.44. The minimum atomic E-state index is -4.51. The number of aliphatic hydroxyl groups excluding tert-OH is 1. The lowest BCUT2D eigenvalue weighted by atomic mass is 10.2. The van der Waals surface area contributed by atoms with E-state index in [2.05, 4.69) is 29.9 Å². The summed E-state index contributed by atoms with van der Waals surface area (Å²) >= 11 is 0. The monoisotopic (exact) mass is 734 g/mol. The molecule has 1 fully saturated rings. The van der Waals surface area contributed by atoms with Crippen LogP contribution in [0.3, 0.4) is 0 Å². The van der Waals surface area contributed by atoms with Crippen LogP contribution in [0.1, 0.15) is 38.8 Å². The molecule has 1 saturated heterocycles. The number of nitrogens with two attached hydrogens (primary N) is 2. The molecule has 25 heteroatoms. The summed E-state index contributed by atoms with van der Waals surface area (Å²) in [5.41, 5.74) is 10.5. The summed E-state index contributed by atoms with van der Waals surface area (Å²) in [7, 11) is -6.74. The van der Waals surface area contributed by atoms with Gasteiger partial charge in [0, 0.05) is 0 Å². The number of aliphatic hydroxyl groups is 1. The number of phosphoric acid groups is 1. The average molecular weight is 735 g/mol. The fourth-order valence-corrected chi connectivity index (χ4v) is 5.98. The summed E-state index contributed by atoms with van der Waals surface area (Å²) in [6, 6.07) is 0. The van der Waals surface area contributed by atoms with Gasteiger partial charge in [0.1, 0.15) is 12.6 Å². The SMILES string of the molecule is CCC(COP(=O)(O)OCCOCCOP(O)OCC1CCC(n2cnc3c(=O)[nH]c(N)nc32)O1)O[C@H](O)n1cnc2c(=O)[nH]c(N)nc21. The third kappa shape index (κ3) is 9.63. The first kappa shape index (κ1) is 36.8. The van der Waals surface area contributed by atoms with E-state index in [4.69, 9.17) is 43.8 Å². The number of hydrogen-bond acceptors (Lipinski definition) is 18. The van der Waals surface area contributed by atoms with Crippen LogP contribution in [-0.2, 0) is 36.9 Å². The van der Waals surface area contributed by atoms with Crippen LogP contribution >= 0.6 is 16.4 Å². The highest BCUT2D eigenvalue weighted by Crippen LogP contribution is 2.43. The summed E-state index contributed by atoms with van der Waals surface area (Å²) in [5, 5.41) is 10.5. The van der Waals surface area contributed by atoms with Gasteiger partial charge in [-0.2, -0.15) is 9.97 Å². The molecule has 9 N–H and O–H groups in total. The highest BCUT2D eigenvalue weighted by atomic mass is 31.2. The molecule has 23 nitrogen and oxygen atoms in total. The van der Waals surface area contributed by atoms with E-state index in [1.54, 1.807) is 11.5 Å². The van der Waals surface area contributed by atoms with Crippen molar-refractivity contribution in [2.24, 2.45) is 0 Å². The summed E-state index contributed by atoms with van der Waals surface area (Å²) in [6.07, 6.45) is 0.769. The van der Waals surface area contributed by atoms with Crippen molar-refractivity contribution in [3.63, 3.8) is 0 Å². The predicted molar refractivity (Wildman–Crippen MR) is 168 cm³/mol. The Morgan fingerprint density at radius 2 is 1.69 bits per heavy atom. The number of ether oxygens (including phenoxy) is 3. The zero-order chi connectivity index (χ0) is 35.1. The summed E-state index contributed by atoms with van der Waals surface area (Å²) in [6.45, 7) is 0.920. The fraction of sp³-hybridized carbons (Fsp3) is 0.583. The van der Waals surface area contributed by atoms with Crippen molar-refractivity contribution < 1.29 is 51.8 Å². The number of nitrogen functional groups attached to an aromatic ring is 2. The molecule has 0 amide bonds. The third-order valence-corrected chi connectivity index (χ3v) is 8.77. The molecule has 0 aromatic carbocycles. The van der Waals surface area contributed by atoms with Crippen LogP contribution in [-0.4, -0.2) is 106 Å². The molecule has 5 rings (SSSR count). The quantitative estimate of drug-likeness (QED) is 0.0371. The summed E-state index contributed by atoms with van der Waals surface area (Å²) < 4.78 is 52.1. The van der Waals surface area contributed by atoms with Gasteiger partial charge in [-0.1, -0.05) is 6.92 Å². The Balaban J connectivity index is 0.929. The number of phosphoric ester groups is 1. The molecule has 1 aliphatic heterocycles. The fourth-order valence-electron chi connectivity index (χ4n) is 4.65. The standard InChI is InChI=1S/C24H36N10O13P2/c1-2-13(47-24(37)34-12-28-17-19(34)30-23(26)32-21(17)36)10-45-49(39,40)44-8-6-41-5-7-42-48(38)43-9-14-3-4-15(46-14)33-11-27-16-18(33)29-22(25)31-20(16)35/h11-15,24,37-38H,2-10H2,1H3,(H,39,40)(H3,25,29,31,35)(H3,26,30,32,36)/t13?,14?,15?,24-,48?/m0/s1. The number of aromatic nitrogens is 8. The second-order valence-corrected chi connectivity index (χ2v) is 12.9. The van der Waals surface area contributed by atoms with Gasteiger partial charge in [0.15, 0.2) is 22.3 Å². The van der Waals surface area contributed by atoms with E-state index in [9.17, 15) is 29.0 Å². The van der Waals surface area contributed by atoms with Gasteiger partial charge >= 0.3 is 16.4 Å². The maximum atomic E-state index is 12.3. The maximum Gasteiger partial charge on any atom is 0.472 e. The molecular weight excluding hydrogens is 698 g/mol. The van der Waals surface area contributed by atoms with Crippen LogP contribution < -0.4 is 22.6 Å². The van der Waals surface area contributed by atoms with E-state index in [1.807, 2.05) is 0 Å². The molecule has 270 valence electrons. The van der Waals surface area contributed by atoms with Crippen molar-refractivity contribution in [1.82, 2.24) is 39.0 Å². The maximum absolute atomic E-state index is 12.3. The number of nitrogens with zero attached hydrogens (tertiary/aromatic N) is 6. The van der Waals surface area contributed by atoms with Crippen molar-refractivity contribution >= 4 is 50.6 Å². The Morgan fingerprint density at radius 1 is 1.02 bits per heavy atom. The molecule has 0 aliphatic carbocycles. The number of hydrogen-bond donors (Lipinski definition) is 7. The van der Waals surface area contributed by atoms with Gasteiger partial charge in [0.2, 0.25) is 18.3 Å². The summed E-state index contributed by atoms with van der Waals surface area (Å²) in [5.74, 6) is -0.217. The molecule has 0 bridgehead atoms. The largest absolute Gasteiger partial charge is 0.472 e. The first-order valence-corrected chi connectivity index (χ1v) is 17.4. The zero-order valence-corrected chi connectivity index (χ0v) is 27.8. The zero-order valence-electron chi connectivity index (χ0n) is 26.0. The normalized spacial score (nSPS) is 19.8. The molecule has 5 unspecified atom stereocenters. The predicted octanol–water partition coefficient (Wildman–Crippen LogP) is -0.259. The van der Waals surface area contributed by atoms with Crippen LogP contribution in [0.25, 0.3) is 22.3 Å². The van der Waals surface area contributed by atoms with Gasteiger partial charge in [-0.3, -0.25) is 37.7 Å². The highest BCUT2D eigenvalue weighted by Gasteiger charge is 2.30. The van der Waals surface area contributed by atoms with E-state index in [0.29, 0.717) is 18.5 Å². The first-order chi connectivity index (χ1) is 23.4. The lowest BCUT2D eigenvalue weighted by molar-refractivity contribution is -0.190. The first-order valence-electron chi connectivity index (χ1n) is 14.8. The molecule has 1 aliphatic rings. The van der Waals surface area contributed by atoms with E-state index in [-0.39, 0.29) is 74.1 Å². The Morgan fingerprint density at radius 3 is 2.43 bits per heavy atom. The second-order valence-electron chi connectivity index (χ2n) is 10.4. The van der Waals surface area contributed by atoms with Gasteiger partial charge in [-0.15, -0.1) is 0 Å². The molecule has 6 atom stereocenters. The number of rotatable bonds is 19. The van der Waals surface area contributed by atoms with Crippen LogP contribution in [0.5, 0.6) is 0 Å². The number of anilines is 2. The Bertz CT molecular complexity index is 1870. The number of imidazole rings is 2. The topological polar surface area (TPSA) is 322 Å². The molecular formula is C24H36N10O13P2. The van der Waals surface area contributed by atoms with Gasteiger partial charge in [-0.25, -0.2) is 14.5 Å². The number of aromatic amines is 2. The van der Waals surface area contributed by atoms with Crippen LogP contribution in [0.2, 0.25) is 0 Å². The average Bonchev–Trinajstić information content (AvgIpc) is 3.80. The second kappa shape index (κ2) is 16.5. The van der Waals surface area contributed by atoms with Crippen LogP contribution in [0, 0.1) is 0 Å². The van der Waals surface area contributed by atoms with E-state index < -0.39 is 52.9 Å². The van der Waals surface area contributed by atoms with Gasteiger partial charge in [-0.05, 0) is 19.3 Å². The van der Waals surface area contributed by atoms with E-state index >= 15 is 0 Å². The summed E-state index contributed by atoms with van der Waals surface area (Å²) in [4.78, 5) is 64.7. The van der Waals surface area contributed by atoms with Crippen molar-refractivity contribution in [2.75, 3.05) is 51.1 Å². The minimum absolute atomic E-state index is 0.0201. The number of nitrogens with one attached hydrogen (secondary N) is 2. The van der Waals surface area contributed by atoms with Crippen molar-refractivity contribution in [2.45, 2.75) is 51.0 Å². The minimum Gasteiger partial charge on any atom is -0.377 e. The van der Waals surface area contributed by atoms with E-state index in [0.717, 1.165) is 10.9 Å². The lowest BCUT2D eigenvalue weighted by Gasteiger charge is -2.22. The third-order valence-electron chi connectivity index (χ3n) is 7.01. The molecule has 4 aromatic heterocycles. The Labute approximate surface area is 277 Å². The van der Waals surface area contributed by atoms with Gasteiger partial charge in [0.25, 0.3) is 11.1 Å². The van der Waals surface area contributed by atoms with E-state index in [1.165, 1.54) is 6.33 Å². The molecule has 4 aromatic rings. The van der Waals surface area contributed by atoms with Crippen LogP contribution in [0.4, 0.5) is 11.9 Å². The van der Waals surface area contributed by atoms with Crippen molar-refractivity contribution in [3.8, 4) is 0 Å². The van der Waals surface area contributed by atoms with Gasteiger partial charge < -0.3 is 49.6 Å². The Kier molecular flexibility index (Phi) is 12.4. The number of H-pyrrole nitrogens is 2. The van der Waals surface area contributed by atoms with Crippen molar-refractivity contribution in [1.29, 1.82) is 0 Å². The molecule has 5 heterocycles. The molecule has 0 spiro atoms. The lowest BCUT2D eigenvalue weighted by Crippen LogP contribution is -2.25. The molecule has 49 heavy (non-hydrogen) atoms. The molecule has 0 saturated carbocycles. The highest BCUT2D eigenvalue weighted by molar-refractivity contribution is 7.47. The smallest absolute Gasteiger partial charge is 0.377 e. The molecule has 0 radical (unpaired) electrons. The van der Waals surface area contributed by atoms with Gasteiger partial charge in [0.05, 0.1) is 58.2 Å². The number of fused-ring (bicyclic) bond motifs is 2. The van der Waals surface area contributed by atoms with Crippen molar-refractivity contribution in [3.05, 3.63) is 33.4 Å².